The average molecular weight is 308 g/mol. The summed E-state index contributed by atoms with van der Waals surface area (Å²) in [7, 11) is 1.95. The minimum absolute atomic E-state index is 0.847. The molecule has 96 valence electrons. The fourth-order valence-corrected chi connectivity index (χ4v) is 2.58. The van der Waals surface area contributed by atoms with Crippen LogP contribution in [-0.2, 0) is 20.1 Å². The van der Waals surface area contributed by atoms with Crippen molar-refractivity contribution in [1.29, 1.82) is 0 Å². The zero-order chi connectivity index (χ0) is 13.1. The fraction of sp³-hybridized carbons (Fsp3) is 0.357. The monoisotopic (exact) mass is 307 g/mol. The number of aryl methyl sites for hydroxylation is 3. The van der Waals surface area contributed by atoms with Crippen LogP contribution in [0.25, 0.3) is 0 Å². The molecule has 2 aromatic rings. The molecule has 2 rings (SSSR count). The van der Waals surface area contributed by atoms with E-state index in [9.17, 15) is 0 Å². The highest BCUT2D eigenvalue weighted by Gasteiger charge is 2.03. The third-order valence-electron chi connectivity index (χ3n) is 2.95. The predicted molar refractivity (Wildman–Crippen MR) is 77.4 cm³/mol. The maximum absolute atomic E-state index is 4.33. The van der Waals surface area contributed by atoms with Crippen molar-refractivity contribution in [1.82, 2.24) is 15.1 Å². The molecule has 0 spiro atoms. The van der Waals surface area contributed by atoms with Crippen molar-refractivity contribution in [2.45, 2.75) is 26.9 Å². The summed E-state index contributed by atoms with van der Waals surface area (Å²) in [6.45, 7) is 5.84. The van der Waals surface area contributed by atoms with Gasteiger partial charge in [0.05, 0.1) is 5.69 Å². The van der Waals surface area contributed by atoms with Crippen LogP contribution in [0.15, 0.2) is 28.9 Å². The van der Waals surface area contributed by atoms with Gasteiger partial charge in [0.25, 0.3) is 0 Å². The van der Waals surface area contributed by atoms with E-state index in [1.165, 1.54) is 16.7 Å². The van der Waals surface area contributed by atoms with Crippen molar-refractivity contribution in [2.75, 3.05) is 0 Å². The SMILES string of the molecule is Cc1ccc(CNCc2cn(C)nc2C)c(Br)c1. The van der Waals surface area contributed by atoms with E-state index in [1.54, 1.807) is 0 Å². The van der Waals surface area contributed by atoms with E-state index < -0.39 is 0 Å². The van der Waals surface area contributed by atoms with E-state index in [1.807, 2.05) is 18.7 Å². The number of nitrogens with one attached hydrogen (secondary N) is 1. The Labute approximate surface area is 116 Å². The van der Waals surface area contributed by atoms with Crippen molar-refractivity contribution in [2.24, 2.45) is 7.05 Å². The first-order valence-electron chi connectivity index (χ1n) is 6.01. The van der Waals surface area contributed by atoms with Gasteiger partial charge >= 0.3 is 0 Å². The highest BCUT2D eigenvalue weighted by atomic mass is 79.9. The Balaban J connectivity index is 1.94. The lowest BCUT2D eigenvalue weighted by Crippen LogP contribution is -2.13. The quantitative estimate of drug-likeness (QED) is 0.940. The smallest absolute Gasteiger partial charge is 0.0638 e. The largest absolute Gasteiger partial charge is 0.308 e. The summed E-state index contributed by atoms with van der Waals surface area (Å²) >= 11 is 3.60. The van der Waals surface area contributed by atoms with E-state index in [4.69, 9.17) is 0 Å². The Kier molecular flexibility index (Phi) is 4.19. The molecule has 0 amide bonds. The van der Waals surface area contributed by atoms with E-state index in [-0.39, 0.29) is 0 Å². The number of hydrogen-bond donors (Lipinski definition) is 1. The summed E-state index contributed by atoms with van der Waals surface area (Å²) in [6, 6.07) is 6.44. The third kappa shape index (κ3) is 3.21. The first-order chi connectivity index (χ1) is 8.56. The van der Waals surface area contributed by atoms with Crippen LogP contribution in [0.5, 0.6) is 0 Å². The van der Waals surface area contributed by atoms with Crippen molar-refractivity contribution in [3.8, 4) is 0 Å². The van der Waals surface area contributed by atoms with Crippen molar-refractivity contribution in [3.63, 3.8) is 0 Å². The van der Waals surface area contributed by atoms with Gasteiger partial charge in [-0.1, -0.05) is 28.1 Å². The van der Waals surface area contributed by atoms with Crippen LogP contribution < -0.4 is 5.32 Å². The molecule has 0 saturated heterocycles. The predicted octanol–water partition coefficient (Wildman–Crippen LogP) is 3.09. The van der Waals surface area contributed by atoms with E-state index in [0.717, 1.165) is 23.3 Å². The molecule has 1 N–H and O–H groups in total. The molecule has 18 heavy (non-hydrogen) atoms. The summed E-state index contributed by atoms with van der Waals surface area (Å²) in [6.07, 6.45) is 2.06. The lowest BCUT2D eigenvalue weighted by atomic mass is 10.1. The molecule has 0 aliphatic rings. The number of aromatic nitrogens is 2. The molecular formula is C14H18BrN3. The maximum Gasteiger partial charge on any atom is 0.0638 e. The Hall–Kier alpha value is -1.13. The number of rotatable bonds is 4. The Bertz CT molecular complexity index is 546. The normalized spacial score (nSPS) is 10.9. The molecular weight excluding hydrogens is 290 g/mol. The fourth-order valence-electron chi connectivity index (χ4n) is 1.95. The second-order valence-corrected chi connectivity index (χ2v) is 5.47. The summed E-state index contributed by atoms with van der Waals surface area (Å²) in [5.74, 6) is 0. The molecule has 1 aromatic heterocycles. The summed E-state index contributed by atoms with van der Waals surface area (Å²) in [4.78, 5) is 0. The van der Waals surface area contributed by atoms with Gasteiger partial charge in [0.1, 0.15) is 0 Å². The van der Waals surface area contributed by atoms with Crippen molar-refractivity contribution in [3.05, 3.63) is 51.3 Å². The molecule has 0 bridgehead atoms. The number of nitrogens with zero attached hydrogens (tertiary/aromatic N) is 2. The molecule has 1 aromatic carbocycles. The van der Waals surface area contributed by atoms with Crippen LogP contribution in [0.2, 0.25) is 0 Å². The molecule has 1 heterocycles. The first kappa shape index (κ1) is 13.3. The van der Waals surface area contributed by atoms with Gasteiger partial charge in [0, 0.05) is 36.4 Å². The van der Waals surface area contributed by atoms with Crippen LogP contribution >= 0.6 is 15.9 Å². The Morgan fingerprint density at radius 2 is 1.94 bits per heavy atom. The molecule has 0 saturated carbocycles. The lowest BCUT2D eigenvalue weighted by molar-refractivity contribution is 0.688. The minimum atomic E-state index is 0.847. The van der Waals surface area contributed by atoms with Crippen LogP contribution in [-0.4, -0.2) is 9.78 Å². The molecule has 0 fully saturated rings. The van der Waals surface area contributed by atoms with Crippen LogP contribution in [0.3, 0.4) is 0 Å². The molecule has 3 nitrogen and oxygen atoms in total. The highest BCUT2D eigenvalue weighted by Crippen LogP contribution is 2.18. The molecule has 4 heteroatoms. The highest BCUT2D eigenvalue weighted by molar-refractivity contribution is 9.10. The lowest BCUT2D eigenvalue weighted by Gasteiger charge is -2.07. The van der Waals surface area contributed by atoms with Gasteiger partial charge < -0.3 is 5.32 Å². The van der Waals surface area contributed by atoms with Gasteiger partial charge in [-0.25, -0.2) is 0 Å². The van der Waals surface area contributed by atoms with Gasteiger partial charge in [0.2, 0.25) is 0 Å². The Morgan fingerprint density at radius 1 is 1.22 bits per heavy atom. The van der Waals surface area contributed by atoms with Crippen LogP contribution in [0.4, 0.5) is 0 Å². The Morgan fingerprint density at radius 3 is 2.56 bits per heavy atom. The van der Waals surface area contributed by atoms with E-state index in [2.05, 4.69) is 57.7 Å². The number of benzene rings is 1. The number of hydrogen-bond acceptors (Lipinski definition) is 2. The second kappa shape index (κ2) is 5.67. The van der Waals surface area contributed by atoms with Gasteiger partial charge in [-0.15, -0.1) is 0 Å². The van der Waals surface area contributed by atoms with E-state index >= 15 is 0 Å². The van der Waals surface area contributed by atoms with Crippen molar-refractivity contribution < 1.29 is 0 Å². The van der Waals surface area contributed by atoms with Gasteiger partial charge in [-0.05, 0) is 31.0 Å². The topological polar surface area (TPSA) is 29.9 Å². The summed E-state index contributed by atoms with van der Waals surface area (Å²) < 4.78 is 3.02. The second-order valence-electron chi connectivity index (χ2n) is 4.61. The standard InChI is InChI=1S/C14H18BrN3/c1-10-4-5-12(14(15)6-10)7-16-8-13-9-18(3)17-11(13)2/h4-6,9,16H,7-8H2,1-3H3. The third-order valence-corrected chi connectivity index (χ3v) is 3.69. The number of halogens is 1. The molecule has 0 radical (unpaired) electrons. The average Bonchev–Trinajstić information content (AvgIpc) is 2.61. The van der Waals surface area contributed by atoms with Gasteiger partial charge in [-0.3, -0.25) is 4.68 Å². The maximum atomic E-state index is 4.33. The van der Waals surface area contributed by atoms with Gasteiger partial charge in [0.15, 0.2) is 0 Å². The van der Waals surface area contributed by atoms with Gasteiger partial charge in [-0.2, -0.15) is 5.10 Å². The van der Waals surface area contributed by atoms with E-state index in [0.29, 0.717) is 0 Å². The molecule has 0 unspecified atom stereocenters. The zero-order valence-electron chi connectivity index (χ0n) is 11.0. The first-order valence-corrected chi connectivity index (χ1v) is 6.80. The molecule has 0 atom stereocenters. The van der Waals surface area contributed by atoms with Crippen molar-refractivity contribution >= 4 is 15.9 Å². The molecule has 0 aliphatic carbocycles. The van der Waals surface area contributed by atoms with Crippen LogP contribution in [0, 0.1) is 13.8 Å². The summed E-state index contributed by atoms with van der Waals surface area (Å²) in [5.41, 5.74) is 4.89. The minimum Gasteiger partial charge on any atom is -0.308 e. The molecule has 0 aliphatic heterocycles. The summed E-state index contributed by atoms with van der Waals surface area (Å²) in [5, 5.41) is 7.78. The zero-order valence-corrected chi connectivity index (χ0v) is 12.6. The van der Waals surface area contributed by atoms with Crippen LogP contribution in [0.1, 0.15) is 22.4 Å².